The van der Waals surface area contributed by atoms with Crippen molar-refractivity contribution in [1.82, 2.24) is 14.7 Å². The van der Waals surface area contributed by atoms with Crippen LogP contribution in [0.2, 0.25) is 0 Å². The molecule has 0 amide bonds. The van der Waals surface area contributed by atoms with Gasteiger partial charge in [-0.2, -0.15) is 5.10 Å². The fraction of sp³-hybridized carbons (Fsp3) is 0.800. The third kappa shape index (κ3) is 3.18. The number of aryl methyl sites for hydroxylation is 1. The molecular formula is C15H28N4. The predicted molar refractivity (Wildman–Crippen MR) is 78.7 cm³/mol. The summed E-state index contributed by atoms with van der Waals surface area (Å²) in [7, 11) is 1.97. The molecule has 108 valence electrons. The van der Waals surface area contributed by atoms with E-state index < -0.39 is 0 Å². The van der Waals surface area contributed by atoms with Crippen LogP contribution in [-0.2, 0) is 7.05 Å². The molecule has 0 radical (unpaired) electrons. The third-order valence-corrected chi connectivity index (χ3v) is 4.54. The number of rotatable bonds is 5. The maximum absolute atomic E-state index is 6.38. The Hall–Kier alpha value is -0.870. The summed E-state index contributed by atoms with van der Waals surface area (Å²) in [6.45, 7) is 9.16. The lowest BCUT2D eigenvalue weighted by molar-refractivity contribution is 0.195. The van der Waals surface area contributed by atoms with E-state index in [1.165, 1.54) is 18.5 Å². The van der Waals surface area contributed by atoms with Gasteiger partial charge in [0.15, 0.2) is 0 Å². The van der Waals surface area contributed by atoms with Crippen molar-refractivity contribution in [1.29, 1.82) is 0 Å². The van der Waals surface area contributed by atoms with Crippen molar-refractivity contribution in [3.05, 3.63) is 18.0 Å². The Kier molecular flexibility index (Phi) is 4.63. The number of likely N-dealkylation sites (tertiary alicyclic amines) is 1. The highest BCUT2D eigenvalue weighted by molar-refractivity contribution is 5.14. The molecule has 1 saturated heterocycles. The van der Waals surface area contributed by atoms with Crippen LogP contribution < -0.4 is 5.73 Å². The molecule has 3 unspecified atom stereocenters. The Bertz CT molecular complexity index is 399. The van der Waals surface area contributed by atoms with Gasteiger partial charge in [-0.05, 0) is 31.2 Å². The topological polar surface area (TPSA) is 47.1 Å². The number of nitrogens with zero attached hydrogens (tertiary/aromatic N) is 3. The highest BCUT2D eigenvalue weighted by atomic mass is 15.3. The van der Waals surface area contributed by atoms with Crippen LogP contribution in [0.3, 0.4) is 0 Å². The standard InChI is InChI=1S/C15H28N4/c1-5-14(16)15(13-8-17-18(4)9-13)19-7-6-12(10-19)11(2)3/h8-9,11-12,14-15H,5-7,10,16H2,1-4H3. The molecule has 4 nitrogen and oxygen atoms in total. The number of hydrogen-bond donors (Lipinski definition) is 1. The van der Waals surface area contributed by atoms with Crippen LogP contribution in [0.4, 0.5) is 0 Å². The van der Waals surface area contributed by atoms with Gasteiger partial charge in [-0.1, -0.05) is 20.8 Å². The first kappa shape index (κ1) is 14.5. The number of aromatic nitrogens is 2. The molecule has 1 aliphatic heterocycles. The van der Waals surface area contributed by atoms with E-state index in [9.17, 15) is 0 Å². The van der Waals surface area contributed by atoms with E-state index in [0.29, 0.717) is 6.04 Å². The molecule has 1 fully saturated rings. The zero-order valence-electron chi connectivity index (χ0n) is 12.7. The average Bonchev–Trinajstić information content (AvgIpc) is 2.99. The van der Waals surface area contributed by atoms with Gasteiger partial charge < -0.3 is 5.73 Å². The van der Waals surface area contributed by atoms with Gasteiger partial charge >= 0.3 is 0 Å². The van der Waals surface area contributed by atoms with E-state index in [1.54, 1.807) is 0 Å². The zero-order chi connectivity index (χ0) is 14.0. The third-order valence-electron chi connectivity index (χ3n) is 4.54. The van der Waals surface area contributed by atoms with E-state index in [0.717, 1.165) is 24.8 Å². The van der Waals surface area contributed by atoms with Crippen molar-refractivity contribution in [2.75, 3.05) is 13.1 Å². The van der Waals surface area contributed by atoms with Crippen molar-refractivity contribution in [3.8, 4) is 0 Å². The minimum Gasteiger partial charge on any atom is -0.326 e. The Morgan fingerprint density at radius 2 is 2.21 bits per heavy atom. The second-order valence-electron chi connectivity index (χ2n) is 6.25. The lowest BCUT2D eigenvalue weighted by atomic mass is 9.95. The summed E-state index contributed by atoms with van der Waals surface area (Å²) in [5, 5.41) is 4.31. The minimum absolute atomic E-state index is 0.190. The molecule has 2 N–H and O–H groups in total. The molecule has 1 aliphatic rings. The maximum atomic E-state index is 6.38. The smallest absolute Gasteiger partial charge is 0.0538 e. The van der Waals surface area contributed by atoms with Crippen LogP contribution in [-0.4, -0.2) is 33.8 Å². The molecule has 19 heavy (non-hydrogen) atoms. The van der Waals surface area contributed by atoms with Gasteiger partial charge in [0.1, 0.15) is 0 Å². The lowest BCUT2D eigenvalue weighted by Crippen LogP contribution is -2.39. The van der Waals surface area contributed by atoms with Gasteiger partial charge in [0, 0.05) is 31.4 Å². The van der Waals surface area contributed by atoms with Crippen LogP contribution in [0.5, 0.6) is 0 Å². The summed E-state index contributed by atoms with van der Waals surface area (Å²) < 4.78 is 1.88. The normalized spacial score (nSPS) is 24.0. The molecule has 4 heteroatoms. The molecule has 0 spiro atoms. The van der Waals surface area contributed by atoms with Crippen molar-refractivity contribution in [2.45, 2.75) is 45.7 Å². The Balaban J connectivity index is 2.15. The molecule has 0 aliphatic carbocycles. The first-order chi connectivity index (χ1) is 9.02. The van der Waals surface area contributed by atoms with Crippen molar-refractivity contribution in [3.63, 3.8) is 0 Å². The summed E-state index contributed by atoms with van der Waals surface area (Å²) in [5.41, 5.74) is 7.65. The van der Waals surface area contributed by atoms with Gasteiger partial charge in [0.25, 0.3) is 0 Å². The van der Waals surface area contributed by atoms with E-state index >= 15 is 0 Å². The Morgan fingerprint density at radius 3 is 2.68 bits per heavy atom. The van der Waals surface area contributed by atoms with Gasteiger partial charge in [-0.25, -0.2) is 0 Å². The molecule has 1 aromatic rings. The quantitative estimate of drug-likeness (QED) is 0.886. The SMILES string of the molecule is CCC(N)C(c1cnn(C)c1)N1CCC(C(C)C)C1. The van der Waals surface area contributed by atoms with Gasteiger partial charge in [0.2, 0.25) is 0 Å². The molecule has 1 aromatic heterocycles. The summed E-state index contributed by atoms with van der Waals surface area (Å²) in [6, 6.07) is 0.512. The van der Waals surface area contributed by atoms with E-state index in [-0.39, 0.29) is 6.04 Å². The van der Waals surface area contributed by atoms with Crippen LogP contribution in [0, 0.1) is 11.8 Å². The predicted octanol–water partition coefficient (Wildman–Crippen LogP) is 2.18. The first-order valence-corrected chi connectivity index (χ1v) is 7.51. The van der Waals surface area contributed by atoms with E-state index in [1.807, 2.05) is 17.9 Å². The van der Waals surface area contributed by atoms with Gasteiger partial charge in [-0.15, -0.1) is 0 Å². The fourth-order valence-corrected chi connectivity index (χ4v) is 3.16. The Morgan fingerprint density at radius 1 is 1.47 bits per heavy atom. The molecule has 2 rings (SSSR count). The monoisotopic (exact) mass is 264 g/mol. The van der Waals surface area contributed by atoms with Crippen molar-refractivity contribution >= 4 is 0 Å². The number of hydrogen-bond acceptors (Lipinski definition) is 3. The molecule has 0 bridgehead atoms. The summed E-state index contributed by atoms with van der Waals surface area (Å²) >= 11 is 0. The first-order valence-electron chi connectivity index (χ1n) is 7.51. The molecular weight excluding hydrogens is 236 g/mol. The second-order valence-corrected chi connectivity index (χ2v) is 6.25. The molecule has 0 aromatic carbocycles. The van der Waals surface area contributed by atoms with Crippen LogP contribution in [0.1, 0.15) is 45.2 Å². The summed E-state index contributed by atoms with van der Waals surface area (Å²) in [6.07, 6.45) is 6.39. The Labute approximate surface area is 117 Å². The zero-order valence-corrected chi connectivity index (χ0v) is 12.7. The van der Waals surface area contributed by atoms with E-state index in [2.05, 4.69) is 37.0 Å². The highest BCUT2D eigenvalue weighted by Gasteiger charge is 2.33. The maximum Gasteiger partial charge on any atom is 0.0538 e. The summed E-state index contributed by atoms with van der Waals surface area (Å²) in [4.78, 5) is 2.57. The summed E-state index contributed by atoms with van der Waals surface area (Å²) in [5.74, 6) is 1.57. The molecule has 3 atom stereocenters. The van der Waals surface area contributed by atoms with Gasteiger partial charge in [-0.3, -0.25) is 9.58 Å². The van der Waals surface area contributed by atoms with Crippen molar-refractivity contribution < 1.29 is 0 Å². The average molecular weight is 264 g/mol. The van der Waals surface area contributed by atoms with Crippen LogP contribution >= 0.6 is 0 Å². The number of nitrogens with two attached hydrogens (primary N) is 1. The van der Waals surface area contributed by atoms with Crippen LogP contribution in [0.25, 0.3) is 0 Å². The van der Waals surface area contributed by atoms with Crippen molar-refractivity contribution in [2.24, 2.45) is 24.6 Å². The molecule has 0 saturated carbocycles. The van der Waals surface area contributed by atoms with Gasteiger partial charge in [0.05, 0.1) is 12.2 Å². The lowest BCUT2D eigenvalue weighted by Gasteiger charge is -2.32. The largest absolute Gasteiger partial charge is 0.326 e. The fourth-order valence-electron chi connectivity index (χ4n) is 3.16. The van der Waals surface area contributed by atoms with Crippen LogP contribution in [0.15, 0.2) is 12.4 Å². The van der Waals surface area contributed by atoms with E-state index in [4.69, 9.17) is 5.73 Å². The highest BCUT2D eigenvalue weighted by Crippen LogP contribution is 2.33. The second kappa shape index (κ2) is 6.06. The minimum atomic E-state index is 0.190. The molecule has 2 heterocycles.